The first-order chi connectivity index (χ1) is 12.0. The van der Waals surface area contributed by atoms with Crippen LogP contribution >= 0.6 is 0 Å². The van der Waals surface area contributed by atoms with Gasteiger partial charge in [0.05, 0.1) is 12.3 Å². The van der Waals surface area contributed by atoms with Crippen molar-refractivity contribution in [3.63, 3.8) is 0 Å². The lowest BCUT2D eigenvalue weighted by Gasteiger charge is -2.12. The van der Waals surface area contributed by atoms with Crippen molar-refractivity contribution in [1.29, 1.82) is 0 Å². The van der Waals surface area contributed by atoms with Crippen LogP contribution in [0.25, 0.3) is 0 Å². The number of hydrogen-bond donors (Lipinski definition) is 1. The van der Waals surface area contributed by atoms with Crippen LogP contribution in [0.15, 0.2) is 36.5 Å². The fourth-order valence-corrected chi connectivity index (χ4v) is 1.87. The summed E-state index contributed by atoms with van der Waals surface area (Å²) in [5.41, 5.74) is -0.0112. The maximum absolute atomic E-state index is 13.7. The summed E-state index contributed by atoms with van der Waals surface area (Å²) in [4.78, 5) is 26.5. The Bertz CT molecular complexity index is 766. The van der Waals surface area contributed by atoms with Gasteiger partial charge in [0, 0.05) is 19.2 Å². The smallest absolute Gasteiger partial charge is 0.344 e. The van der Waals surface area contributed by atoms with Crippen LogP contribution in [0.4, 0.5) is 10.1 Å². The number of ether oxygens (including phenoxy) is 3. The lowest BCUT2D eigenvalue weighted by molar-refractivity contribution is -0.145. The van der Waals surface area contributed by atoms with Gasteiger partial charge in [0.25, 0.3) is 5.88 Å². The van der Waals surface area contributed by atoms with Gasteiger partial charge in [0.1, 0.15) is 11.6 Å². The van der Waals surface area contributed by atoms with E-state index in [1.54, 1.807) is 19.1 Å². The molecule has 2 aromatic rings. The maximum atomic E-state index is 13.7. The molecule has 0 bridgehead atoms. The zero-order valence-corrected chi connectivity index (χ0v) is 13.7. The molecule has 132 valence electrons. The molecule has 1 N–H and O–H groups in total. The first-order valence-corrected chi connectivity index (χ1v) is 7.48. The Morgan fingerprint density at radius 2 is 2.08 bits per heavy atom. The Balaban J connectivity index is 2.15. The topological polar surface area (TPSA) is 86.8 Å². The predicted molar refractivity (Wildman–Crippen MR) is 87.1 cm³/mol. The van der Waals surface area contributed by atoms with Gasteiger partial charge in [-0.2, -0.15) is 0 Å². The highest BCUT2D eigenvalue weighted by atomic mass is 19.1. The van der Waals surface area contributed by atoms with Crippen molar-refractivity contribution in [2.75, 3.05) is 18.5 Å². The molecule has 1 amide bonds. The van der Waals surface area contributed by atoms with Gasteiger partial charge in [0.2, 0.25) is 5.91 Å². The number of amides is 1. The quantitative estimate of drug-likeness (QED) is 0.774. The zero-order valence-electron chi connectivity index (χ0n) is 13.7. The molecule has 0 radical (unpaired) electrons. The maximum Gasteiger partial charge on any atom is 0.344 e. The summed E-state index contributed by atoms with van der Waals surface area (Å²) in [7, 11) is 0. The Labute approximate surface area is 143 Å². The molecule has 0 saturated heterocycles. The lowest BCUT2D eigenvalue weighted by atomic mass is 10.3. The van der Waals surface area contributed by atoms with Crippen LogP contribution in [0.2, 0.25) is 0 Å². The minimum Gasteiger partial charge on any atom is -0.463 e. The van der Waals surface area contributed by atoms with Crippen LogP contribution in [0.1, 0.15) is 13.8 Å². The first-order valence-electron chi connectivity index (χ1n) is 7.48. The van der Waals surface area contributed by atoms with E-state index in [1.165, 1.54) is 25.3 Å². The molecule has 0 fully saturated rings. The number of halogens is 1. The molecular formula is C17H17FN2O5. The van der Waals surface area contributed by atoms with Crippen molar-refractivity contribution in [3.8, 4) is 17.4 Å². The summed E-state index contributed by atoms with van der Waals surface area (Å²) >= 11 is 0. The highest BCUT2D eigenvalue weighted by molar-refractivity contribution is 5.89. The number of anilines is 1. The molecule has 0 aliphatic rings. The van der Waals surface area contributed by atoms with Gasteiger partial charge in [-0.3, -0.25) is 4.79 Å². The molecule has 0 aliphatic heterocycles. The van der Waals surface area contributed by atoms with Crippen LogP contribution in [-0.2, 0) is 14.3 Å². The minimum absolute atomic E-state index is 0.0112. The monoisotopic (exact) mass is 348 g/mol. The summed E-state index contributed by atoms with van der Waals surface area (Å²) in [6.07, 6.45) is 1.47. The van der Waals surface area contributed by atoms with E-state index < -0.39 is 17.7 Å². The average Bonchev–Trinajstić information content (AvgIpc) is 2.57. The molecule has 0 atom stereocenters. The molecule has 8 heteroatoms. The van der Waals surface area contributed by atoms with Crippen molar-refractivity contribution >= 4 is 17.6 Å². The molecule has 0 aliphatic carbocycles. The second-order valence-electron chi connectivity index (χ2n) is 4.83. The molecule has 0 saturated carbocycles. The van der Waals surface area contributed by atoms with Gasteiger partial charge in [-0.15, -0.1) is 0 Å². The van der Waals surface area contributed by atoms with Crippen molar-refractivity contribution in [1.82, 2.24) is 4.98 Å². The van der Waals surface area contributed by atoms with E-state index in [4.69, 9.17) is 14.2 Å². The van der Waals surface area contributed by atoms with E-state index in [0.29, 0.717) is 0 Å². The number of aromatic nitrogens is 1. The van der Waals surface area contributed by atoms with Gasteiger partial charge in [-0.25, -0.2) is 14.2 Å². The molecular weight excluding hydrogens is 331 g/mol. The number of carbonyl (C=O) groups excluding carboxylic acids is 2. The molecule has 1 heterocycles. The zero-order chi connectivity index (χ0) is 18.2. The number of hydrogen-bond acceptors (Lipinski definition) is 6. The third kappa shape index (κ3) is 5.45. The number of nitrogens with one attached hydrogen (secondary N) is 1. The van der Waals surface area contributed by atoms with Crippen LogP contribution in [0, 0.1) is 5.82 Å². The van der Waals surface area contributed by atoms with Gasteiger partial charge in [0.15, 0.2) is 12.4 Å². The molecule has 1 aromatic carbocycles. The normalized spacial score (nSPS) is 10.0. The molecule has 0 unspecified atom stereocenters. The largest absolute Gasteiger partial charge is 0.463 e. The third-order valence-corrected chi connectivity index (χ3v) is 2.84. The molecule has 1 aromatic heterocycles. The van der Waals surface area contributed by atoms with Gasteiger partial charge in [-0.05, 0) is 31.2 Å². The number of esters is 1. The predicted octanol–water partition coefficient (Wildman–Crippen LogP) is 2.91. The molecule has 0 spiro atoms. The van der Waals surface area contributed by atoms with Crippen LogP contribution in [-0.4, -0.2) is 30.1 Å². The molecule has 25 heavy (non-hydrogen) atoms. The highest BCUT2D eigenvalue weighted by Gasteiger charge is 2.12. The summed E-state index contributed by atoms with van der Waals surface area (Å²) in [5.74, 6) is -0.954. The summed E-state index contributed by atoms with van der Waals surface area (Å²) in [6, 6.07) is 7.08. The standard InChI is InChI=1S/C17H17FN2O5/c1-3-23-16(22)10-24-17-15(5-4-8-19-17)25-12-6-7-13(18)14(9-12)20-11(2)21/h4-9H,3,10H2,1-2H3,(H,20,21). The highest BCUT2D eigenvalue weighted by Crippen LogP contribution is 2.31. The fourth-order valence-electron chi connectivity index (χ4n) is 1.87. The van der Waals surface area contributed by atoms with E-state index in [9.17, 15) is 14.0 Å². The van der Waals surface area contributed by atoms with Gasteiger partial charge >= 0.3 is 5.97 Å². The summed E-state index contributed by atoms with van der Waals surface area (Å²) in [6.45, 7) is 2.89. The first kappa shape index (κ1) is 18.2. The summed E-state index contributed by atoms with van der Waals surface area (Å²) < 4.78 is 29.4. The van der Waals surface area contributed by atoms with E-state index in [-0.39, 0.29) is 36.3 Å². The third-order valence-electron chi connectivity index (χ3n) is 2.84. The van der Waals surface area contributed by atoms with Crippen LogP contribution in [0.5, 0.6) is 17.4 Å². The lowest BCUT2D eigenvalue weighted by Crippen LogP contribution is -2.15. The Kier molecular flexibility index (Phi) is 6.27. The SMILES string of the molecule is CCOC(=O)COc1ncccc1Oc1ccc(F)c(NC(C)=O)c1. The number of nitrogens with zero attached hydrogens (tertiary/aromatic N) is 1. The molecule has 2 rings (SSSR count). The van der Waals surface area contributed by atoms with E-state index in [0.717, 1.165) is 6.07 Å². The average molecular weight is 348 g/mol. The van der Waals surface area contributed by atoms with Crippen molar-refractivity contribution in [2.24, 2.45) is 0 Å². The van der Waals surface area contributed by atoms with Crippen LogP contribution < -0.4 is 14.8 Å². The van der Waals surface area contributed by atoms with E-state index in [2.05, 4.69) is 10.3 Å². The van der Waals surface area contributed by atoms with Gasteiger partial charge in [-0.1, -0.05) is 0 Å². The number of benzene rings is 1. The van der Waals surface area contributed by atoms with Crippen LogP contribution in [0.3, 0.4) is 0 Å². The van der Waals surface area contributed by atoms with E-state index >= 15 is 0 Å². The minimum atomic E-state index is -0.590. The van der Waals surface area contributed by atoms with Crippen molar-refractivity contribution in [2.45, 2.75) is 13.8 Å². The Morgan fingerprint density at radius 1 is 1.28 bits per heavy atom. The number of pyridine rings is 1. The molecule has 7 nitrogen and oxygen atoms in total. The number of rotatable bonds is 7. The van der Waals surface area contributed by atoms with Crippen molar-refractivity contribution in [3.05, 3.63) is 42.3 Å². The van der Waals surface area contributed by atoms with Crippen molar-refractivity contribution < 1.29 is 28.2 Å². The van der Waals surface area contributed by atoms with Gasteiger partial charge < -0.3 is 19.5 Å². The summed E-state index contributed by atoms with van der Waals surface area (Å²) in [5, 5.41) is 2.37. The fraction of sp³-hybridized carbons (Fsp3) is 0.235. The Hall–Kier alpha value is -3.16. The Morgan fingerprint density at radius 3 is 2.80 bits per heavy atom. The second-order valence-corrected chi connectivity index (χ2v) is 4.83. The second kappa shape index (κ2) is 8.62. The number of carbonyl (C=O) groups is 2. The van der Waals surface area contributed by atoms with E-state index in [1.807, 2.05) is 0 Å².